The maximum absolute atomic E-state index is 12.3. The zero-order valence-corrected chi connectivity index (χ0v) is 15.1. The van der Waals surface area contributed by atoms with Gasteiger partial charge >= 0.3 is 0 Å². The summed E-state index contributed by atoms with van der Waals surface area (Å²) in [5.41, 5.74) is 0.102. The fourth-order valence-corrected chi connectivity index (χ4v) is 4.69. The fourth-order valence-electron chi connectivity index (χ4n) is 2.51. The summed E-state index contributed by atoms with van der Waals surface area (Å²) in [5, 5.41) is 2.73. The van der Waals surface area contributed by atoms with Crippen molar-refractivity contribution >= 4 is 53.2 Å². The Hall–Kier alpha value is -0.300. The SMILES string of the molecule is CC1CCC(NC(=O)c2cc(Br)cc(S(=O)(=O)Cl)c2Cl)C1. The third-order valence-electron chi connectivity index (χ3n) is 3.54. The lowest BCUT2D eigenvalue weighted by Gasteiger charge is -2.14. The summed E-state index contributed by atoms with van der Waals surface area (Å²) >= 11 is 9.20. The predicted molar refractivity (Wildman–Crippen MR) is 86.5 cm³/mol. The Morgan fingerprint density at radius 2 is 2.05 bits per heavy atom. The molecule has 0 bridgehead atoms. The zero-order chi connectivity index (χ0) is 15.8. The number of halogens is 3. The van der Waals surface area contributed by atoms with Crippen LogP contribution in [0.3, 0.4) is 0 Å². The number of carbonyl (C=O) groups is 1. The molecule has 116 valence electrons. The molecule has 1 aromatic rings. The molecule has 1 aliphatic carbocycles. The van der Waals surface area contributed by atoms with Crippen LogP contribution in [0.5, 0.6) is 0 Å². The molecule has 0 saturated heterocycles. The molecule has 1 N–H and O–H groups in total. The van der Waals surface area contributed by atoms with E-state index in [1.54, 1.807) is 0 Å². The van der Waals surface area contributed by atoms with Crippen molar-refractivity contribution in [2.75, 3.05) is 0 Å². The lowest BCUT2D eigenvalue weighted by molar-refractivity contribution is 0.0937. The third-order valence-corrected chi connectivity index (χ3v) is 5.86. The largest absolute Gasteiger partial charge is 0.349 e. The molecule has 0 aromatic heterocycles. The van der Waals surface area contributed by atoms with Gasteiger partial charge in [0.25, 0.3) is 15.0 Å². The van der Waals surface area contributed by atoms with Crippen LogP contribution in [0.2, 0.25) is 5.02 Å². The van der Waals surface area contributed by atoms with E-state index in [1.165, 1.54) is 12.1 Å². The maximum atomic E-state index is 12.3. The molecule has 1 amide bonds. The molecule has 2 atom stereocenters. The zero-order valence-electron chi connectivity index (χ0n) is 11.2. The van der Waals surface area contributed by atoms with Crippen molar-refractivity contribution in [3.8, 4) is 0 Å². The van der Waals surface area contributed by atoms with Crippen LogP contribution in [-0.4, -0.2) is 20.4 Å². The molecular formula is C13H14BrCl2NO3S. The quantitative estimate of drug-likeness (QED) is 0.761. The first-order valence-electron chi connectivity index (χ1n) is 6.43. The van der Waals surface area contributed by atoms with Gasteiger partial charge in [-0.05, 0) is 37.3 Å². The molecule has 0 radical (unpaired) electrons. The summed E-state index contributed by atoms with van der Waals surface area (Å²) in [6.45, 7) is 2.14. The highest BCUT2D eigenvalue weighted by Gasteiger charge is 2.26. The molecule has 0 spiro atoms. The first-order chi connectivity index (χ1) is 9.68. The van der Waals surface area contributed by atoms with Gasteiger partial charge in [-0.25, -0.2) is 8.42 Å². The lowest BCUT2D eigenvalue weighted by Crippen LogP contribution is -2.33. The highest BCUT2D eigenvalue weighted by molar-refractivity contribution is 9.10. The average molecular weight is 415 g/mol. The van der Waals surface area contributed by atoms with Crippen molar-refractivity contribution in [3.63, 3.8) is 0 Å². The Labute approximate surface area is 141 Å². The second-order valence-electron chi connectivity index (χ2n) is 5.29. The van der Waals surface area contributed by atoms with Gasteiger partial charge in [0.2, 0.25) is 0 Å². The normalized spacial score (nSPS) is 22.3. The van der Waals surface area contributed by atoms with E-state index in [1.807, 2.05) is 0 Å². The molecule has 0 aliphatic heterocycles. The van der Waals surface area contributed by atoms with E-state index in [9.17, 15) is 13.2 Å². The molecule has 2 rings (SSSR count). The Balaban J connectivity index is 2.31. The van der Waals surface area contributed by atoms with E-state index in [4.69, 9.17) is 22.3 Å². The molecular weight excluding hydrogens is 401 g/mol. The van der Waals surface area contributed by atoms with Gasteiger partial charge < -0.3 is 5.32 Å². The van der Waals surface area contributed by atoms with Crippen molar-refractivity contribution in [1.29, 1.82) is 0 Å². The van der Waals surface area contributed by atoms with Crippen LogP contribution >= 0.6 is 38.2 Å². The number of hydrogen-bond acceptors (Lipinski definition) is 3. The molecule has 1 aliphatic rings. The minimum absolute atomic E-state index is 0.0959. The minimum atomic E-state index is -4.02. The summed E-state index contributed by atoms with van der Waals surface area (Å²) < 4.78 is 23.4. The third kappa shape index (κ3) is 4.12. The van der Waals surface area contributed by atoms with Gasteiger partial charge in [0, 0.05) is 21.2 Å². The lowest BCUT2D eigenvalue weighted by atomic mass is 10.1. The van der Waals surface area contributed by atoms with Crippen LogP contribution in [0.15, 0.2) is 21.5 Å². The molecule has 1 saturated carbocycles. The second kappa shape index (κ2) is 6.44. The number of rotatable bonds is 3. The molecule has 2 unspecified atom stereocenters. The van der Waals surface area contributed by atoms with E-state index >= 15 is 0 Å². The minimum Gasteiger partial charge on any atom is -0.349 e. The number of carbonyl (C=O) groups excluding carboxylic acids is 1. The highest BCUT2D eigenvalue weighted by Crippen LogP contribution is 2.32. The van der Waals surface area contributed by atoms with Crippen molar-refractivity contribution in [3.05, 3.63) is 27.2 Å². The van der Waals surface area contributed by atoms with Gasteiger partial charge in [-0.15, -0.1) is 0 Å². The van der Waals surface area contributed by atoms with Gasteiger partial charge in [-0.3, -0.25) is 4.79 Å². The standard InChI is InChI=1S/C13H14BrCl2NO3S/c1-7-2-3-9(4-7)17-13(18)10-5-8(14)6-11(12(10)15)21(16,19)20/h5-7,9H,2-4H2,1H3,(H,17,18). The Morgan fingerprint density at radius 1 is 1.38 bits per heavy atom. The highest BCUT2D eigenvalue weighted by atomic mass is 79.9. The number of amides is 1. The van der Waals surface area contributed by atoms with Gasteiger partial charge in [0.05, 0.1) is 10.6 Å². The first kappa shape index (κ1) is 17.1. The van der Waals surface area contributed by atoms with Crippen LogP contribution in [-0.2, 0) is 9.05 Å². The number of benzene rings is 1. The summed E-state index contributed by atoms with van der Waals surface area (Å²) in [6.07, 6.45) is 2.90. The van der Waals surface area contributed by atoms with E-state index in [0.29, 0.717) is 10.4 Å². The van der Waals surface area contributed by atoms with Crippen LogP contribution in [0, 0.1) is 5.92 Å². The van der Waals surface area contributed by atoms with Crippen LogP contribution in [0.4, 0.5) is 0 Å². The van der Waals surface area contributed by atoms with E-state index in [0.717, 1.165) is 19.3 Å². The van der Waals surface area contributed by atoms with Crippen molar-refractivity contribution in [2.24, 2.45) is 5.92 Å². The molecule has 0 heterocycles. The monoisotopic (exact) mass is 413 g/mol. The van der Waals surface area contributed by atoms with Crippen LogP contribution < -0.4 is 5.32 Å². The topological polar surface area (TPSA) is 63.2 Å². The van der Waals surface area contributed by atoms with Crippen molar-refractivity contribution in [1.82, 2.24) is 5.32 Å². The van der Waals surface area contributed by atoms with Crippen LogP contribution in [0.25, 0.3) is 0 Å². The molecule has 8 heteroatoms. The maximum Gasteiger partial charge on any atom is 0.262 e. The van der Waals surface area contributed by atoms with Crippen molar-refractivity contribution < 1.29 is 13.2 Å². The Morgan fingerprint density at radius 3 is 2.57 bits per heavy atom. The number of nitrogens with one attached hydrogen (secondary N) is 1. The Kier molecular flexibility index (Phi) is 5.23. The second-order valence-corrected chi connectivity index (χ2v) is 9.12. The molecule has 1 aromatic carbocycles. The van der Waals surface area contributed by atoms with E-state index in [-0.39, 0.29) is 27.4 Å². The molecule has 1 fully saturated rings. The first-order valence-corrected chi connectivity index (χ1v) is 9.91. The van der Waals surface area contributed by atoms with Crippen molar-refractivity contribution in [2.45, 2.75) is 37.1 Å². The molecule has 21 heavy (non-hydrogen) atoms. The fraction of sp³-hybridized carbons (Fsp3) is 0.462. The summed E-state index contributed by atoms with van der Waals surface area (Å²) in [7, 11) is 1.32. The van der Waals surface area contributed by atoms with Gasteiger partial charge in [0.15, 0.2) is 0 Å². The number of hydrogen-bond donors (Lipinski definition) is 1. The van der Waals surface area contributed by atoms with Gasteiger partial charge in [-0.1, -0.05) is 34.5 Å². The molecule has 4 nitrogen and oxygen atoms in total. The smallest absolute Gasteiger partial charge is 0.262 e. The van der Waals surface area contributed by atoms with Gasteiger partial charge in [-0.2, -0.15) is 0 Å². The summed E-state index contributed by atoms with van der Waals surface area (Å²) in [5.74, 6) is 0.189. The van der Waals surface area contributed by atoms with Crippen LogP contribution in [0.1, 0.15) is 36.5 Å². The Bertz CT molecular complexity index is 678. The summed E-state index contributed by atoms with van der Waals surface area (Å²) in [4.78, 5) is 12.0. The average Bonchev–Trinajstić information content (AvgIpc) is 2.75. The summed E-state index contributed by atoms with van der Waals surface area (Å²) in [6, 6.07) is 2.86. The van der Waals surface area contributed by atoms with Gasteiger partial charge in [0.1, 0.15) is 4.90 Å². The van der Waals surface area contributed by atoms with E-state index in [2.05, 4.69) is 28.2 Å². The van der Waals surface area contributed by atoms with E-state index < -0.39 is 9.05 Å². The predicted octanol–water partition coefficient (Wildman–Crippen LogP) is 3.95.